The molecule has 6 heteroatoms. The fraction of sp³-hybridized carbons (Fsp3) is 0.933. The molecular formula is C15H31NaO4S. The average Bonchev–Trinajstić information content (AvgIpc) is 2.36. The predicted octanol–water partition coefficient (Wildman–Crippen LogP) is 3.19. The quantitative estimate of drug-likeness (QED) is 0.279. The first-order valence-corrected chi connectivity index (χ1v) is 9.48. The molecule has 4 nitrogen and oxygen atoms in total. The van der Waals surface area contributed by atoms with Gasteiger partial charge in [0.25, 0.3) is 10.1 Å². The second-order valence-corrected chi connectivity index (χ2v) is 6.87. The van der Waals surface area contributed by atoms with Gasteiger partial charge in [-0.3, -0.25) is 8.98 Å². The summed E-state index contributed by atoms with van der Waals surface area (Å²) in [5.74, 6) is -0.709. The van der Waals surface area contributed by atoms with E-state index in [1.165, 1.54) is 38.5 Å². The minimum absolute atomic E-state index is 0. The maximum atomic E-state index is 11.5. The Labute approximate surface area is 152 Å². The van der Waals surface area contributed by atoms with Crippen molar-refractivity contribution in [2.45, 2.75) is 78.1 Å². The van der Waals surface area contributed by atoms with Crippen molar-refractivity contribution < 1.29 is 17.4 Å². The average molecular weight is 330 g/mol. The third-order valence-corrected chi connectivity index (χ3v) is 4.46. The molecule has 0 saturated carbocycles. The second-order valence-electron chi connectivity index (χ2n) is 5.23. The standard InChI is InChI=1S/C15H30O4S.Na.H/c1-3-5-6-7-8-9-10-11-12-13-15(16)14-20(17,18)19-4-2;;/h3-14H2,1-2H3;;. The van der Waals surface area contributed by atoms with Gasteiger partial charge in [-0.05, 0) is 13.3 Å². The fourth-order valence-electron chi connectivity index (χ4n) is 2.12. The van der Waals surface area contributed by atoms with Crippen molar-refractivity contribution in [1.29, 1.82) is 0 Å². The molecule has 0 atom stereocenters. The van der Waals surface area contributed by atoms with Gasteiger partial charge in [-0.1, -0.05) is 58.3 Å². The first kappa shape index (κ1) is 23.8. The molecule has 0 radical (unpaired) electrons. The predicted molar refractivity (Wildman–Crippen MR) is 89.4 cm³/mol. The third-order valence-electron chi connectivity index (χ3n) is 3.19. The zero-order chi connectivity index (χ0) is 15.3. The van der Waals surface area contributed by atoms with Crippen LogP contribution < -0.4 is 0 Å². The number of unbranched alkanes of at least 4 members (excludes halogenated alkanes) is 8. The summed E-state index contributed by atoms with van der Waals surface area (Å²) in [6.45, 7) is 3.90. The van der Waals surface area contributed by atoms with Crippen molar-refractivity contribution in [3.05, 3.63) is 0 Å². The Morgan fingerprint density at radius 1 is 0.857 bits per heavy atom. The van der Waals surface area contributed by atoms with Crippen LogP contribution in [0.5, 0.6) is 0 Å². The number of hydrogen-bond acceptors (Lipinski definition) is 4. The summed E-state index contributed by atoms with van der Waals surface area (Å²) in [4.78, 5) is 11.5. The molecule has 0 aliphatic rings. The maximum absolute atomic E-state index is 11.5. The molecule has 21 heavy (non-hydrogen) atoms. The van der Waals surface area contributed by atoms with Gasteiger partial charge in [0.05, 0.1) is 6.61 Å². The Balaban J connectivity index is 0. The first-order valence-electron chi connectivity index (χ1n) is 7.90. The van der Waals surface area contributed by atoms with Gasteiger partial charge in [-0.2, -0.15) is 8.42 Å². The fourth-order valence-corrected chi connectivity index (χ4v) is 3.10. The first-order chi connectivity index (χ1) is 9.52. The number of rotatable bonds is 14. The van der Waals surface area contributed by atoms with E-state index in [9.17, 15) is 13.2 Å². The van der Waals surface area contributed by atoms with Crippen LogP contribution in [-0.4, -0.2) is 56.1 Å². The van der Waals surface area contributed by atoms with Crippen LogP contribution in [0.1, 0.15) is 78.1 Å². The summed E-state index contributed by atoms with van der Waals surface area (Å²) >= 11 is 0. The summed E-state index contributed by atoms with van der Waals surface area (Å²) in [5.41, 5.74) is 0. The normalized spacial score (nSPS) is 11.1. The van der Waals surface area contributed by atoms with Crippen LogP contribution in [0.4, 0.5) is 0 Å². The number of hydrogen-bond donors (Lipinski definition) is 0. The van der Waals surface area contributed by atoms with Crippen LogP contribution in [-0.2, 0) is 19.1 Å². The Morgan fingerprint density at radius 3 is 1.81 bits per heavy atom. The topological polar surface area (TPSA) is 60.4 Å². The van der Waals surface area contributed by atoms with E-state index in [0.717, 1.165) is 19.3 Å². The zero-order valence-electron chi connectivity index (χ0n) is 13.0. The molecule has 0 saturated heterocycles. The van der Waals surface area contributed by atoms with E-state index in [4.69, 9.17) is 0 Å². The molecule has 0 aromatic heterocycles. The van der Waals surface area contributed by atoms with Crippen LogP contribution in [0, 0.1) is 0 Å². The third kappa shape index (κ3) is 16.8. The van der Waals surface area contributed by atoms with Crippen LogP contribution in [0.15, 0.2) is 0 Å². The van der Waals surface area contributed by atoms with Gasteiger partial charge in [0.2, 0.25) is 0 Å². The molecule has 0 rings (SSSR count). The number of Topliss-reactive ketones (excluding diaryl/α,β-unsaturated/α-hetero) is 1. The van der Waals surface area contributed by atoms with E-state index >= 15 is 0 Å². The molecule has 0 N–H and O–H groups in total. The molecule has 0 spiro atoms. The molecule has 0 unspecified atom stereocenters. The number of carbonyl (C=O) groups is 1. The van der Waals surface area contributed by atoms with Crippen molar-refractivity contribution in [3.8, 4) is 0 Å². The monoisotopic (exact) mass is 330 g/mol. The van der Waals surface area contributed by atoms with Gasteiger partial charge in [0.1, 0.15) is 11.5 Å². The van der Waals surface area contributed by atoms with Crippen LogP contribution in [0.2, 0.25) is 0 Å². The van der Waals surface area contributed by atoms with E-state index < -0.39 is 15.9 Å². The number of carbonyl (C=O) groups excluding carboxylic acids is 1. The summed E-state index contributed by atoms with van der Waals surface area (Å²) in [6.07, 6.45) is 11.0. The summed E-state index contributed by atoms with van der Waals surface area (Å²) < 4.78 is 27.1. The summed E-state index contributed by atoms with van der Waals surface area (Å²) in [5, 5.41) is 0. The Hall–Kier alpha value is 0.580. The van der Waals surface area contributed by atoms with Crippen molar-refractivity contribution >= 4 is 45.5 Å². The molecule has 0 bridgehead atoms. The summed E-state index contributed by atoms with van der Waals surface area (Å²) in [7, 11) is -3.64. The molecule has 0 fully saturated rings. The number of ketones is 1. The molecule has 0 aromatic rings. The second kappa shape index (κ2) is 15.5. The Morgan fingerprint density at radius 2 is 1.33 bits per heavy atom. The van der Waals surface area contributed by atoms with Gasteiger partial charge in [-0.15, -0.1) is 0 Å². The van der Waals surface area contributed by atoms with E-state index in [-0.39, 0.29) is 41.9 Å². The van der Waals surface area contributed by atoms with Gasteiger partial charge in [-0.25, -0.2) is 0 Å². The molecule has 122 valence electrons. The summed E-state index contributed by atoms with van der Waals surface area (Å²) in [6, 6.07) is 0. The van der Waals surface area contributed by atoms with Crippen LogP contribution >= 0.6 is 0 Å². The van der Waals surface area contributed by atoms with Crippen molar-refractivity contribution in [3.63, 3.8) is 0 Å². The van der Waals surface area contributed by atoms with E-state index in [1.54, 1.807) is 6.92 Å². The van der Waals surface area contributed by atoms with Gasteiger partial charge in [0, 0.05) is 6.42 Å². The van der Waals surface area contributed by atoms with Gasteiger partial charge in [0.15, 0.2) is 0 Å². The molecule has 0 aliphatic heterocycles. The Bertz CT molecular complexity index is 342. The SMILES string of the molecule is CCCCCCCCCCCC(=O)CS(=O)(=O)OCC.[NaH]. The van der Waals surface area contributed by atoms with Crippen molar-refractivity contribution in [1.82, 2.24) is 0 Å². The van der Waals surface area contributed by atoms with Crippen molar-refractivity contribution in [2.24, 2.45) is 0 Å². The molecular weight excluding hydrogens is 299 g/mol. The van der Waals surface area contributed by atoms with Gasteiger partial charge >= 0.3 is 29.6 Å². The Kier molecular flexibility index (Phi) is 17.6. The van der Waals surface area contributed by atoms with Crippen LogP contribution in [0.3, 0.4) is 0 Å². The molecule has 0 aliphatic carbocycles. The minimum atomic E-state index is -3.64. The van der Waals surface area contributed by atoms with Crippen molar-refractivity contribution in [2.75, 3.05) is 12.4 Å². The molecule has 0 heterocycles. The van der Waals surface area contributed by atoms with E-state index in [2.05, 4.69) is 11.1 Å². The molecule has 0 amide bonds. The van der Waals surface area contributed by atoms with Gasteiger partial charge < -0.3 is 0 Å². The van der Waals surface area contributed by atoms with E-state index in [0.29, 0.717) is 6.42 Å². The molecule has 0 aromatic carbocycles. The van der Waals surface area contributed by atoms with Crippen LogP contribution in [0.25, 0.3) is 0 Å². The van der Waals surface area contributed by atoms with E-state index in [1.807, 2.05) is 0 Å². The zero-order valence-corrected chi connectivity index (χ0v) is 13.8.